The summed E-state index contributed by atoms with van der Waals surface area (Å²) in [6.45, 7) is 26.5. The van der Waals surface area contributed by atoms with Gasteiger partial charge in [0.15, 0.2) is 15.0 Å². The Hall–Kier alpha value is 0.750. The molecule has 53 heavy (non-hydrogen) atoms. The van der Waals surface area contributed by atoms with Crippen LogP contribution in [0.2, 0.25) is 0 Å². The van der Waals surface area contributed by atoms with Crippen molar-refractivity contribution < 1.29 is 0 Å². The molecule has 0 N–H and O–H groups in total. The molecular weight excluding hydrogens is 761 g/mol. The van der Waals surface area contributed by atoms with Crippen molar-refractivity contribution in [2.75, 3.05) is 152 Å². The van der Waals surface area contributed by atoms with Crippen LogP contribution in [0.5, 0.6) is 0 Å². The molecule has 0 atom stereocenters. The van der Waals surface area contributed by atoms with Gasteiger partial charge in [0.2, 0.25) is 0 Å². The first kappa shape index (κ1) is 53.8. The van der Waals surface area contributed by atoms with E-state index in [1.54, 1.807) is 0 Å². The quantitative estimate of drug-likeness (QED) is 0.167. The van der Waals surface area contributed by atoms with Gasteiger partial charge in [0, 0.05) is 26.2 Å². The lowest BCUT2D eigenvalue weighted by Crippen LogP contribution is -2.43. The number of hydrogen-bond acceptors (Lipinski definition) is 2. The van der Waals surface area contributed by atoms with Gasteiger partial charge in [-0.15, -0.1) is 0 Å². The maximum absolute atomic E-state index is 5.77. The van der Waals surface area contributed by atoms with Crippen LogP contribution in [0.3, 0.4) is 0 Å². The SMILES string of the molecule is CCN(CC)P1(=NC(C)(C)C)N(C)CCCN1C.CN(C)P(C)(=NP(=NC(C)(C)C)(N=P(C)(N(C)C)N(C)C)N=P(N(C)C)(N(C)C)N(C)C)N(C)C. The summed E-state index contributed by atoms with van der Waals surface area (Å²) in [5.74, 6) is 0. The molecule has 20 heteroatoms. The molecule has 15 nitrogen and oxygen atoms in total. The third-order valence-corrected chi connectivity index (χ3v) is 30.4. The lowest BCUT2D eigenvalue weighted by atomic mass is 10.1. The molecule has 1 saturated heterocycles. The Morgan fingerprint density at radius 2 is 0.849 bits per heavy atom. The van der Waals surface area contributed by atoms with Crippen LogP contribution in [-0.4, -0.2) is 210 Å². The molecule has 0 aromatic heterocycles. The topological polar surface area (TPSA) is 94.2 Å². The van der Waals surface area contributed by atoms with Crippen molar-refractivity contribution in [3.63, 3.8) is 0 Å². The summed E-state index contributed by atoms with van der Waals surface area (Å²) in [6.07, 6.45) is 1.25. The van der Waals surface area contributed by atoms with Crippen molar-refractivity contribution in [3.8, 4) is 0 Å². The van der Waals surface area contributed by atoms with Crippen molar-refractivity contribution in [1.29, 1.82) is 0 Å². The van der Waals surface area contributed by atoms with Crippen molar-refractivity contribution >= 4 is 37.2 Å². The highest BCUT2D eigenvalue weighted by Crippen LogP contribution is 2.77. The van der Waals surface area contributed by atoms with E-state index in [1.807, 2.05) is 0 Å². The Bertz CT molecular complexity index is 1320. The first-order valence-electron chi connectivity index (χ1n) is 18.8. The molecule has 0 unspecified atom stereocenters. The Morgan fingerprint density at radius 1 is 0.528 bits per heavy atom. The lowest BCUT2D eigenvalue weighted by Gasteiger charge is -2.50. The summed E-state index contributed by atoms with van der Waals surface area (Å²) in [7, 11) is 22.6. The predicted molar refractivity (Wildman–Crippen MR) is 247 cm³/mol. The highest BCUT2D eigenvalue weighted by molar-refractivity contribution is 7.81. The Labute approximate surface area is 331 Å². The summed E-state index contributed by atoms with van der Waals surface area (Å²) in [5.41, 5.74) is -0.367. The van der Waals surface area contributed by atoms with E-state index in [2.05, 4.69) is 228 Å². The van der Waals surface area contributed by atoms with Gasteiger partial charge in [-0.2, -0.15) is 13.5 Å². The second-order valence-electron chi connectivity index (χ2n) is 17.3. The Kier molecular flexibility index (Phi) is 20.9. The van der Waals surface area contributed by atoms with E-state index in [9.17, 15) is 0 Å². The number of nitrogens with zero attached hydrogens (tertiary/aromatic N) is 15. The second-order valence-corrected chi connectivity index (χ2v) is 34.1. The molecule has 0 aliphatic carbocycles. The molecular formula is C33H88N15P5. The molecule has 1 heterocycles. The van der Waals surface area contributed by atoms with Gasteiger partial charge in [0.1, 0.15) is 14.7 Å². The van der Waals surface area contributed by atoms with Crippen LogP contribution >= 0.6 is 37.2 Å². The predicted octanol–water partition coefficient (Wildman–Crippen LogP) is 9.27. The maximum Gasteiger partial charge on any atom is 0.304 e. The van der Waals surface area contributed by atoms with Crippen LogP contribution in [0.15, 0.2) is 23.0 Å². The van der Waals surface area contributed by atoms with Gasteiger partial charge < -0.3 is 0 Å². The summed E-state index contributed by atoms with van der Waals surface area (Å²) in [6, 6.07) is 0. The van der Waals surface area contributed by atoms with E-state index in [0.29, 0.717) is 0 Å². The number of rotatable bonds is 13. The van der Waals surface area contributed by atoms with Gasteiger partial charge in [-0.25, -0.2) is 18.8 Å². The molecule has 0 spiro atoms. The Balaban J connectivity index is 0.00000125. The lowest BCUT2D eigenvalue weighted by molar-refractivity contribution is 0.310. The Morgan fingerprint density at radius 3 is 1.08 bits per heavy atom. The summed E-state index contributed by atoms with van der Waals surface area (Å²) in [4.78, 5) is 0. The third kappa shape index (κ3) is 13.4. The zero-order valence-electron chi connectivity index (χ0n) is 39.5. The third-order valence-electron chi connectivity index (χ3n) is 9.32. The molecule has 1 aliphatic heterocycles. The van der Waals surface area contributed by atoms with Gasteiger partial charge >= 0.3 is 7.51 Å². The van der Waals surface area contributed by atoms with E-state index in [0.717, 1.165) is 26.2 Å². The normalized spacial score (nSPS) is 17.4. The van der Waals surface area contributed by atoms with Crippen LogP contribution in [0, 0.1) is 0 Å². The fraction of sp³-hybridized carbons (Fsp3) is 1.00. The molecule has 1 rings (SSSR count). The average molecular weight is 850 g/mol. The average Bonchev–Trinajstić information content (AvgIpc) is 2.96. The van der Waals surface area contributed by atoms with Gasteiger partial charge in [0.05, 0.1) is 11.1 Å². The minimum absolute atomic E-state index is 0.0101. The van der Waals surface area contributed by atoms with Gasteiger partial charge in [0.25, 0.3) is 0 Å². The summed E-state index contributed by atoms with van der Waals surface area (Å²) in [5, 5.41) is 0. The van der Waals surface area contributed by atoms with Crippen LogP contribution in [0.1, 0.15) is 61.8 Å². The van der Waals surface area contributed by atoms with Gasteiger partial charge in [-0.05, 0) is 174 Å². The molecule has 0 saturated carbocycles. The van der Waals surface area contributed by atoms with Crippen molar-refractivity contribution in [2.45, 2.75) is 72.9 Å². The smallest absolute Gasteiger partial charge is 0.264 e. The number of hydrogen-bond donors (Lipinski definition) is 0. The summed E-state index contributed by atoms with van der Waals surface area (Å²) >= 11 is 0. The minimum atomic E-state index is -3.00. The van der Waals surface area contributed by atoms with E-state index >= 15 is 0 Å². The minimum Gasteiger partial charge on any atom is -0.264 e. The molecule has 320 valence electrons. The molecule has 0 aromatic carbocycles. The second kappa shape index (κ2) is 20.6. The molecule has 1 fully saturated rings. The van der Waals surface area contributed by atoms with Gasteiger partial charge in [-0.3, -0.25) is 37.4 Å². The van der Waals surface area contributed by atoms with Crippen LogP contribution in [0.4, 0.5) is 0 Å². The molecule has 0 bridgehead atoms. The molecule has 0 radical (unpaired) electrons. The van der Waals surface area contributed by atoms with Crippen LogP contribution < -0.4 is 0 Å². The monoisotopic (exact) mass is 850 g/mol. The van der Waals surface area contributed by atoms with Crippen molar-refractivity contribution in [3.05, 3.63) is 0 Å². The van der Waals surface area contributed by atoms with E-state index in [4.69, 9.17) is 23.0 Å². The van der Waals surface area contributed by atoms with Gasteiger partial charge in [-0.1, -0.05) is 13.8 Å². The highest BCUT2D eigenvalue weighted by atomic mass is 31.3. The van der Waals surface area contributed by atoms with E-state index in [1.165, 1.54) is 6.42 Å². The van der Waals surface area contributed by atoms with Crippen LogP contribution in [0.25, 0.3) is 0 Å². The van der Waals surface area contributed by atoms with E-state index < -0.39 is 37.2 Å². The molecule has 0 amide bonds. The molecule has 1 aliphatic rings. The van der Waals surface area contributed by atoms with Crippen molar-refractivity contribution in [1.82, 2.24) is 46.7 Å². The van der Waals surface area contributed by atoms with Crippen LogP contribution in [-0.2, 0) is 0 Å². The molecule has 0 aromatic rings. The standard InChI is InChI=1S/C20H57N11P4.C13H31N4P/c1-20(2,3)21-34(22-32(18,25(4)5)26(6)7,23-33(19,27(8)9)28(10)11)24-35(29(12)13,30(14)15)31(16)17;1-8-17(9-2)18(14-13(3,4)5)15(6)11-10-12-16(18)7/h1-19H3;8-12H2,1-7H3. The van der Waals surface area contributed by atoms with Crippen molar-refractivity contribution in [2.24, 2.45) is 23.0 Å². The highest BCUT2D eigenvalue weighted by Gasteiger charge is 2.40. The first-order chi connectivity index (χ1) is 23.7. The zero-order valence-corrected chi connectivity index (χ0v) is 44.0. The maximum atomic E-state index is 5.77. The zero-order chi connectivity index (χ0) is 42.3. The van der Waals surface area contributed by atoms with E-state index in [-0.39, 0.29) is 11.1 Å². The summed E-state index contributed by atoms with van der Waals surface area (Å²) < 4.78 is 51.1. The fourth-order valence-corrected chi connectivity index (χ4v) is 26.1. The largest absolute Gasteiger partial charge is 0.304 e. The fourth-order valence-electron chi connectivity index (χ4n) is 6.19. The first-order valence-corrected chi connectivity index (χ1v) is 27.8.